The molecule has 1 amide bonds. The molecule has 2 aromatic rings. The van der Waals surface area contributed by atoms with Crippen LogP contribution in [-0.4, -0.2) is 59.6 Å². The van der Waals surface area contributed by atoms with Gasteiger partial charge in [0.25, 0.3) is 5.91 Å². The van der Waals surface area contributed by atoms with E-state index in [1.54, 1.807) is 41.3 Å². The zero-order chi connectivity index (χ0) is 19.9. The maximum Gasteiger partial charge on any atom is 0.338 e. The van der Waals surface area contributed by atoms with Crippen LogP contribution in [-0.2, 0) is 22.7 Å². The predicted octanol–water partition coefficient (Wildman–Crippen LogP) is 1.82. The Morgan fingerprint density at radius 3 is 2.32 bits per heavy atom. The second-order valence-electron chi connectivity index (χ2n) is 6.68. The van der Waals surface area contributed by atoms with Crippen molar-refractivity contribution in [3.05, 3.63) is 71.0 Å². The van der Waals surface area contributed by atoms with Crippen LogP contribution in [0, 0.1) is 5.82 Å². The average Bonchev–Trinajstić information content (AvgIpc) is 2.74. The largest absolute Gasteiger partial charge is 0.452 e. The molecule has 6 nitrogen and oxygen atoms in total. The molecule has 0 spiro atoms. The summed E-state index contributed by atoms with van der Waals surface area (Å²) in [5.74, 6) is -1.04. The maximum atomic E-state index is 13.8. The quantitative estimate of drug-likeness (QED) is 0.767. The Kier molecular flexibility index (Phi) is 6.73. The summed E-state index contributed by atoms with van der Waals surface area (Å²) >= 11 is 0. The number of esters is 1. The Morgan fingerprint density at radius 2 is 1.68 bits per heavy atom. The molecule has 1 aliphatic rings. The van der Waals surface area contributed by atoms with Crippen LogP contribution in [0.5, 0.6) is 0 Å². The lowest BCUT2D eigenvalue weighted by Crippen LogP contribution is -2.49. The number of hydrogen-bond donors (Lipinski definition) is 1. The van der Waals surface area contributed by atoms with Crippen molar-refractivity contribution in [2.24, 2.45) is 0 Å². The highest BCUT2D eigenvalue weighted by molar-refractivity contribution is 5.91. The molecule has 0 saturated carbocycles. The van der Waals surface area contributed by atoms with Gasteiger partial charge in [-0.05, 0) is 23.8 Å². The van der Waals surface area contributed by atoms with E-state index < -0.39 is 5.97 Å². The lowest BCUT2D eigenvalue weighted by molar-refractivity contribution is -0.136. The van der Waals surface area contributed by atoms with Crippen molar-refractivity contribution in [2.75, 3.05) is 32.8 Å². The molecule has 1 aliphatic heterocycles. The van der Waals surface area contributed by atoms with E-state index in [0.717, 1.165) is 0 Å². The standard InChI is InChI=1S/C21H23FN2O4/c22-19-4-2-1-3-18(19)13-23-9-11-24(12-10-23)20(26)15-28-21(27)17-7-5-16(14-25)6-8-17/h1-8,25H,9-15H2. The molecule has 1 heterocycles. The maximum absolute atomic E-state index is 13.8. The first-order valence-electron chi connectivity index (χ1n) is 9.17. The van der Waals surface area contributed by atoms with Gasteiger partial charge in [0.1, 0.15) is 5.82 Å². The number of ether oxygens (including phenoxy) is 1. The number of carbonyl (C=O) groups excluding carboxylic acids is 2. The van der Waals surface area contributed by atoms with E-state index >= 15 is 0 Å². The summed E-state index contributed by atoms with van der Waals surface area (Å²) in [4.78, 5) is 28.1. The lowest BCUT2D eigenvalue weighted by Gasteiger charge is -2.34. The molecule has 0 aliphatic carbocycles. The smallest absolute Gasteiger partial charge is 0.338 e. The summed E-state index contributed by atoms with van der Waals surface area (Å²) in [6, 6.07) is 13.1. The number of amides is 1. The molecule has 1 N–H and O–H groups in total. The number of carbonyl (C=O) groups is 2. The van der Waals surface area contributed by atoms with Crippen molar-refractivity contribution >= 4 is 11.9 Å². The highest BCUT2D eigenvalue weighted by Crippen LogP contribution is 2.12. The first-order valence-corrected chi connectivity index (χ1v) is 9.17. The van der Waals surface area contributed by atoms with Gasteiger partial charge in [0.05, 0.1) is 12.2 Å². The fourth-order valence-corrected chi connectivity index (χ4v) is 3.07. The van der Waals surface area contributed by atoms with Crippen LogP contribution >= 0.6 is 0 Å². The zero-order valence-corrected chi connectivity index (χ0v) is 15.5. The topological polar surface area (TPSA) is 70.1 Å². The number of aliphatic hydroxyl groups is 1. The molecule has 0 atom stereocenters. The first kappa shape index (κ1) is 20.0. The first-order chi connectivity index (χ1) is 13.6. The van der Waals surface area contributed by atoms with Gasteiger partial charge in [0.2, 0.25) is 0 Å². The highest BCUT2D eigenvalue weighted by atomic mass is 19.1. The fourth-order valence-electron chi connectivity index (χ4n) is 3.07. The van der Waals surface area contributed by atoms with Crippen LogP contribution in [0.25, 0.3) is 0 Å². The predicted molar refractivity (Wildman–Crippen MR) is 101 cm³/mol. The SMILES string of the molecule is O=C(OCC(=O)N1CCN(Cc2ccccc2F)CC1)c1ccc(CO)cc1. The van der Waals surface area contributed by atoms with Crippen molar-refractivity contribution in [3.63, 3.8) is 0 Å². The molecule has 148 valence electrons. The Balaban J connectivity index is 1.43. The van der Waals surface area contributed by atoms with Gasteiger partial charge in [-0.1, -0.05) is 30.3 Å². The summed E-state index contributed by atoms with van der Waals surface area (Å²) in [5, 5.41) is 9.01. The summed E-state index contributed by atoms with van der Waals surface area (Å²) in [5.41, 5.74) is 1.67. The van der Waals surface area contributed by atoms with Gasteiger partial charge in [-0.2, -0.15) is 0 Å². The van der Waals surface area contributed by atoms with E-state index in [-0.39, 0.29) is 24.9 Å². The number of nitrogens with zero attached hydrogens (tertiary/aromatic N) is 2. The number of aliphatic hydroxyl groups excluding tert-OH is 1. The molecule has 1 saturated heterocycles. The van der Waals surface area contributed by atoms with E-state index in [1.165, 1.54) is 6.07 Å². The number of rotatable bonds is 6. The van der Waals surface area contributed by atoms with E-state index in [0.29, 0.717) is 49.4 Å². The van der Waals surface area contributed by atoms with Crippen LogP contribution in [0.15, 0.2) is 48.5 Å². The summed E-state index contributed by atoms with van der Waals surface area (Å²) in [7, 11) is 0. The molecule has 0 bridgehead atoms. The van der Waals surface area contributed by atoms with Gasteiger partial charge in [0, 0.05) is 38.3 Å². The number of benzene rings is 2. The molecular weight excluding hydrogens is 363 g/mol. The lowest BCUT2D eigenvalue weighted by atomic mass is 10.1. The van der Waals surface area contributed by atoms with Crippen LogP contribution in [0.2, 0.25) is 0 Å². The van der Waals surface area contributed by atoms with Crippen LogP contribution in [0.4, 0.5) is 4.39 Å². The highest BCUT2D eigenvalue weighted by Gasteiger charge is 2.22. The summed E-state index contributed by atoms with van der Waals surface area (Å²) in [6.45, 7) is 2.39. The molecule has 0 aromatic heterocycles. The van der Waals surface area contributed by atoms with E-state index in [2.05, 4.69) is 4.90 Å². The van der Waals surface area contributed by atoms with Crippen molar-refractivity contribution in [2.45, 2.75) is 13.2 Å². The molecule has 0 radical (unpaired) electrons. The van der Waals surface area contributed by atoms with Crippen LogP contribution in [0.3, 0.4) is 0 Å². The van der Waals surface area contributed by atoms with Gasteiger partial charge >= 0.3 is 5.97 Å². The van der Waals surface area contributed by atoms with E-state index in [9.17, 15) is 14.0 Å². The van der Waals surface area contributed by atoms with Gasteiger partial charge in [0.15, 0.2) is 6.61 Å². The van der Waals surface area contributed by atoms with Crippen molar-refractivity contribution in [1.29, 1.82) is 0 Å². The van der Waals surface area contributed by atoms with Crippen LogP contribution in [0.1, 0.15) is 21.5 Å². The van der Waals surface area contributed by atoms with Crippen LogP contribution < -0.4 is 0 Å². The van der Waals surface area contributed by atoms with Crippen molar-refractivity contribution < 1.29 is 23.8 Å². The Labute approximate surface area is 163 Å². The molecule has 0 unspecified atom stereocenters. The average molecular weight is 386 g/mol. The Bertz CT molecular complexity index is 817. The minimum Gasteiger partial charge on any atom is -0.452 e. The van der Waals surface area contributed by atoms with Gasteiger partial charge in [-0.25, -0.2) is 9.18 Å². The number of piperazine rings is 1. The molecule has 28 heavy (non-hydrogen) atoms. The fraction of sp³-hybridized carbons (Fsp3) is 0.333. The van der Waals surface area contributed by atoms with Gasteiger partial charge < -0.3 is 14.7 Å². The van der Waals surface area contributed by atoms with E-state index in [4.69, 9.17) is 9.84 Å². The van der Waals surface area contributed by atoms with Gasteiger partial charge in [-0.3, -0.25) is 9.69 Å². The molecule has 3 rings (SSSR count). The number of hydrogen-bond acceptors (Lipinski definition) is 5. The third-order valence-electron chi connectivity index (χ3n) is 4.78. The normalized spacial score (nSPS) is 14.7. The Morgan fingerprint density at radius 1 is 1.00 bits per heavy atom. The number of halogens is 1. The monoisotopic (exact) mass is 386 g/mol. The zero-order valence-electron chi connectivity index (χ0n) is 15.5. The van der Waals surface area contributed by atoms with E-state index in [1.807, 2.05) is 6.07 Å². The summed E-state index contributed by atoms with van der Waals surface area (Å²) in [6.07, 6.45) is 0. The van der Waals surface area contributed by atoms with Gasteiger partial charge in [-0.15, -0.1) is 0 Å². The Hall–Kier alpha value is -2.77. The third-order valence-corrected chi connectivity index (χ3v) is 4.78. The molecular formula is C21H23FN2O4. The van der Waals surface area contributed by atoms with Crippen molar-refractivity contribution in [3.8, 4) is 0 Å². The molecule has 7 heteroatoms. The minimum absolute atomic E-state index is 0.100. The van der Waals surface area contributed by atoms with Crippen molar-refractivity contribution in [1.82, 2.24) is 9.80 Å². The second-order valence-corrected chi connectivity index (χ2v) is 6.68. The minimum atomic E-state index is -0.573. The third kappa shape index (κ3) is 5.15. The second kappa shape index (κ2) is 9.43. The molecule has 2 aromatic carbocycles. The molecule has 1 fully saturated rings. The summed E-state index contributed by atoms with van der Waals surface area (Å²) < 4.78 is 18.9.